The SMILES string of the molecule is COCCC1(c2noc(-c3ccncc3)n2)CCN(Cc2ccccn2)CC1. The molecular formula is C21H25N5O2. The number of pyridine rings is 2. The van der Waals surface area contributed by atoms with E-state index in [1.165, 1.54) is 0 Å². The van der Waals surface area contributed by atoms with E-state index >= 15 is 0 Å². The van der Waals surface area contributed by atoms with Crippen molar-refractivity contribution < 1.29 is 9.26 Å². The minimum absolute atomic E-state index is 0.120. The first-order valence-electron chi connectivity index (χ1n) is 9.65. The fourth-order valence-corrected chi connectivity index (χ4v) is 3.79. The van der Waals surface area contributed by atoms with Crippen molar-refractivity contribution in [3.63, 3.8) is 0 Å². The van der Waals surface area contributed by atoms with Gasteiger partial charge in [0.1, 0.15) is 0 Å². The lowest BCUT2D eigenvalue weighted by Crippen LogP contribution is -2.43. The maximum atomic E-state index is 5.58. The summed E-state index contributed by atoms with van der Waals surface area (Å²) in [5.41, 5.74) is 1.88. The normalized spacial score (nSPS) is 16.9. The van der Waals surface area contributed by atoms with E-state index in [0.29, 0.717) is 12.5 Å². The fourth-order valence-electron chi connectivity index (χ4n) is 3.79. The second-order valence-corrected chi connectivity index (χ2v) is 7.28. The zero-order chi connectivity index (χ0) is 19.2. The summed E-state index contributed by atoms with van der Waals surface area (Å²) in [6.07, 6.45) is 8.14. The highest BCUT2D eigenvalue weighted by Gasteiger charge is 2.40. The van der Waals surface area contributed by atoms with Gasteiger partial charge in [0.05, 0.1) is 5.69 Å². The molecule has 0 atom stereocenters. The van der Waals surface area contributed by atoms with E-state index in [2.05, 4.69) is 26.1 Å². The number of aromatic nitrogens is 4. The third-order valence-corrected chi connectivity index (χ3v) is 5.54. The van der Waals surface area contributed by atoms with E-state index in [4.69, 9.17) is 14.2 Å². The van der Waals surface area contributed by atoms with Crippen LogP contribution < -0.4 is 0 Å². The number of piperidine rings is 1. The molecule has 1 fully saturated rings. The van der Waals surface area contributed by atoms with Gasteiger partial charge in [-0.15, -0.1) is 0 Å². The number of likely N-dealkylation sites (tertiary alicyclic amines) is 1. The average molecular weight is 379 g/mol. The van der Waals surface area contributed by atoms with Gasteiger partial charge < -0.3 is 9.26 Å². The lowest BCUT2D eigenvalue weighted by molar-refractivity contribution is 0.102. The first-order valence-corrected chi connectivity index (χ1v) is 9.65. The predicted octanol–water partition coefficient (Wildman–Crippen LogP) is 3.10. The fraction of sp³-hybridized carbons (Fsp3) is 0.429. The van der Waals surface area contributed by atoms with E-state index in [-0.39, 0.29) is 5.41 Å². The van der Waals surface area contributed by atoms with Crippen molar-refractivity contribution in [2.24, 2.45) is 0 Å². The highest BCUT2D eigenvalue weighted by molar-refractivity contribution is 5.51. The number of methoxy groups -OCH3 is 1. The van der Waals surface area contributed by atoms with Crippen molar-refractivity contribution in [2.45, 2.75) is 31.2 Å². The van der Waals surface area contributed by atoms with E-state index in [1.807, 2.05) is 30.5 Å². The Labute approximate surface area is 164 Å². The molecule has 0 unspecified atom stereocenters. The molecule has 7 heteroatoms. The van der Waals surface area contributed by atoms with Gasteiger partial charge in [-0.3, -0.25) is 14.9 Å². The molecule has 0 amide bonds. The van der Waals surface area contributed by atoms with Crippen LogP contribution in [0, 0.1) is 0 Å². The number of nitrogens with zero attached hydrogens (tertiary/aromatic N) is 5. The highest BCUT2D eigenvalue weighted by atomic mass is 16.5. The maximum Gasteiger partial charge on any atom is 0.258 e. The summed E-state index contributed by atoms with van der Waals surface area (Å²) < 4.78 is 11.0. The van der Waals surface area contributed by atoms with Gasteiger partial charge in [-0.05, 0) is 56.6 Å². The van der Waals surface area contributed by atoms with Crippen LogP contribution in [0.3, 0.4) is 0 Å². The maximum absolute atomic E-state index is 5.58. The monoisotopic (exact) mass is 379 g/mol. The van der Waals surface area contributed by atoms with E-state index in [1.54, 1.807) is 19.5 Å². The largest absolute Gasteiger partial charge is 0.385 e. The molecule has 0 saturated carbocycles. The summed E-state index contributed by atoms with van der Waals surface area (Å²) in [6.45, 7) is 3.49. The molecule has 0 bridgehead atoms. The molecule has 0 radical (unpaired) electrons. The van der Waals surface area contributed by atoms with Crippen LogP contribution in [0.5, 0.6) is 0 Å². The number of hydrogen-bond acceptors (Lipinski definition) is 7. The van der Waals surface area contributed by atoms with Crippen molar-refractivity contribution >= 4 is 0 Å². The van der Waals surface area contributed by atoms with Crippen LogP contribution >= 0.6 is 0 Å². The van der Waals surface area contributed by atoms with E-state index in [9.17, 15) is 0 Å². The van der Waals surface area contributed by atoms with Crippen LogP contribution in [0.4, 0.5) is 0 Å². The minimum Gasteiger partial charge on any atom is -0.385 e. The van der Waals surface area contributed by atoms with Gasteiger partial charge in [0.25, 0.3) is 5.89 Å². The molecule has 146 valence electrons. The summed E-state index contributed by atoms with van der Waals surface area (Å²) >= 11 is 0. The zero-order valence-electron chi connectivity index (χ0n) is 16.1. The highest BCUT2D eigenvalue weighted by Crippen LogP contribution is 2.38. The molecule has 1 aliphatic heterocycles. The molecule has 28 heavy (non-hydrogen) atoms. The van der Waals surface area contributed by atoms with E-state index < -0.39 is 0 Å². The van der Waals surface area contributed by atoms with Crippen molar-refractivity contribution in [1.29, 1.82) is 0 Å². The molecule has 1 saturated heterocycles. The lowest BCUT2D eigenvalue weighted by atomic mass is 9.75. The summed E-state index contributed by atoms with van der Waals surface area (Å²) in [7, 11) is 1.74. The van der Waals surface area contributed by atoms with Gasteiger partial charge in [-0.25, -0.2) is 0 Å². The summed E-state index contributed by atoms with van der Waals surface area (Å²) in [5.74, 6) is 1.33. The smallest absolute Gasteiger partial charge is 0.258 e. The number of rotatable bonds is 7. The number of hydrogen-bond donors (Lipinski definition) is 0. The molecule has 1 aliphatic rings. The van der Waals surface area contributed by atoms with Crippen molar-refractivity contribution in [3.05, 3.63) is 60.4 Å². The third kappa shape index (κ3) is 4.10. The zero-order valence-corrected chi connectivity index (χ0v) is 16.1. The third-order valence-electron chi connectivity index (χ3n) is 5.54. The van der Waals surface area contributed by atoms with Crippen molar-refractivity contribution in [3.8, 4) is 11.5 Å². The molecule has 3 aromatic heterocycles. The molecule has 3 aromatic rings. The Kier molecular flexibility index (Phi) is 5.73. The Morgan fingerprint density at radius 2 is 1.93 bits per heavy atom. The Bertz CT molecular complexity index is 861. The van der Waals surface area contributed by atoms with Crippen LogP contribution in [0.15, 0.2) is 53.4 Å². The van der Waals surface area contributed by atoms with Gasteiger partial charge >= 0.3 is 0 Å². The van der Waals surface area contributed by atoms with Gasteiger partial charge in [-0.2, -0.15) is 4.98 Å². The van der Waals surface area contributed by atoms with Crippen molar-refractivity contribution in [1.82, 2.24) is 25.0 Å². The van der Waals surface area contributed by atoms with Gasteiger partial charge in [0.15, 0.2) is 5.82 Å². The lowest BCUT2D eigenvalue weighted by Gasteiger charge is -2.39. The van der Waals surface area contributed by atoms with Crippen LogP contribution in [0.2, 0.25) is 0 Å². The second-order valence-electron chi connectivity index (χ2n) is 7.28. The average Bonchev–Trinajstić information content (AvgIpc) is 3.26. The molecule has 0 aromatic carbocycles. The van der Waals surface area contributed by atoms with Gasteiger partial charge in [-0.1, -0.05) is 11.2 Å². The quantitative estimate of drug-likeness (QED) is 0.624. The standard InChI is InChI=1S/C21H25N5O2/c1-27-15-9-21(20-24-19(28-25-20)17-5-11-22-12-6-17)7-13-26(14-8-21)16-18-4-2-3-10-23-18/h2-6,10-12H,7-9,13-16H2,1H3. The van der Waals surface area contributed by atoms with Crippen LogP contribution in [0.1, 0.15) is 30.8 Å². The molecular weight excluding hydrogens is 354 g/mol. The Morgan fingerprint density at radius 3 is 2.64 bits per heavy atom. The van der Waals surface area contributed by atoms with Crippen LogP contribution in [-0.4, -0.2) is 51.8 Å². The molecule has 7 nitrogen and oxygen atoms in total. The molecule has 0 N–H and O–H groups in total. The van der Waals surface area contributed by atoms with Gasteiger partial charge in [0, 0.05) is 49.8 Å². The van der Waals surface area contributed by atoms with Crippen molar-refractivity contribution in [2.75, 3.05) is 26.8 Å². The molecule has 0 spiro atoms. The first kappa shape index (κ1) is 18.7. The number of ether oxygens (including phenoxy) is 1. The Hall–Kier alpha value is -2.64. The van der Waals surface area contributed by atoms with Gasteiger partial charge in [0.2, 0.25) is 0 Å². The predicted molar refractivity (Wildman–Crippen MR) is 104 cm³/mol. The minimum atomic E-state index is -0.120. The second kappa shape index (κ2) is 8.58. The summed E-state index contributed by atoms with van der Waals surface area (Å²) in [5, 5.41) is 4.36. The molecule has 4 rings (SSSR count). The first-order chi connectivity index (χ1) is 13.8. The molecule has 0 aliphatic carbocycles. The Balaban J connectivity index is 1.50. The Morgan fingerprint density at radius 1 is 1.11 bits per heavy atom. The summed E-state index contributed by atoms with van der Waals surface area (Å²) in [6, 6.07) is 9.83. The van der Waals surface area contributed by atoms with Crippen LogP contribution in [-0.2, 0) is 16.7 Å². The summed E-state index contributed by atoms with van der Waals surface area (Å²) in [4.78, 5) is 15.7. The topological polar surface area (TPSA) is 77.2 Å². The van der Waals surface area contributed by atoms with E-state index in [0.717, 1.165) is 56.0 Å². The van der Waals surface area contributed by atoms with Crippen LogP contribution in [0.25, 0.3) is 11.5 Å². The molecule has 4 heterocycles.